The van der Waals surface area contributed by atoms with E-state index in [9.17, 15) is 9.59 Å². The van der Waals surface area contributed by atoms with E-state index < -0.39 is 0 Å². The zero-order valence-electron chi connectivity index (χ0n) is 13.6. The maximum Gasteiger partial charge on any atom is 0.220 e. The van der Waals surface area contributed by atoms with Gasteiger partial charge in [-0.25, -0.2) is 0 Å². The van der Waals surface area contributed by atoms with Gasteiger partial charge in [0.15, 0.2) is 0 Å². The minimum absolute atomic E-state index is 0.0308. The molecule has 6 nitrogen and oxygen atoms in total. The van der Waals surface area contributed by atoms with Crippen molar-refractivity contribution in [3.63, 3.8) is 0 Å². The van der Waals surface area contributed by atoms with Gasteiger partial charge in [-0.05, 0) is 40.3 Å². The molecule has 1 atom stereocenters. The van der Waals surface area contributed by atoms with E-state index in [-0.39, 0.29) is 17.8 Å². The molecule has 0 fully saturated rings. The first-order chi connectivity index (χ1) is 10.1. The Labute approximate surface area is 127 Å². The Balaban J connectivity index is 3.28. The Hall–Kier alpha value is -0.980. The van der Waals surface area contributed by atoms with E-state index in [0.29, 0.717) is 45.6 Å². The van der Waals surface area contributed by atoms with Crippen LogP contribution in [0.5, 0.6) is 0 Å². The largest absolute Gasteiger partial charge is 0.377 e. The molecule has 1 amide bonds. The van der Waals surface area contributed by atoms with Crippen molar-refractivity contribution >= 4 is 11.7 Å². The number of nitrogens with one attached hydrogen (secondary N) is 2. The van der Waals surface area contributed by atoms with Gasteiger partial charge in [0.1, 0.15) is 5.78 Å². The third kappa shape index (κ3) is 15.2. The molecule has 0 spiro atoms. The van der Waals surface area contributed by atoms with Gasteiger partial charge in [-0.15, -0.1) is 0 Å². The second-order valence-electron chi connectivity index (χ2n) is 5.09. The van der Waals surface area contributed by atoms with Gasteiger partial charge in [0.05, 0.1) is 25.9 Å². The van der Waals surface area contributed by atoms with Gasteiger partial charge < -0.3 is 24.9 Å². The van der Waals surface area contributed by atoms with Crippen molar-refractivity contribution in [3.8, 4) is 0 Å². The molecule has 0 heterocycles. The predicted molar refractivity (Wildman–Crippen MR) is 82.3 cm³/mol. The van der Waals surface area contributed by atoms with Crippen LogP contribution in [-0.2, 0) is 19.1 Å². The number of hydrogen-bond donors (Lipinski definition) is 2. The number of ketones is 1. The molecule has 0 aliphatic carbocycles. The lowest BCUT2D eigenvalue weighted by atomic mass is 10.2. The molecular formula is C15H30N2O4. The summed E-state index contributed by atoms with van der Waals surface area (Å²) in [6, 6.07) is 0. The number of ether oxygens (including phenoxy) is 2. The molecule has 0 bridgehead atoms. The van der Waals surface area contributed by atoms with Crippen LogP contribution in [0.25, 0.3) is 0 Å². The van der Waals surface area contributed by atoms with Gasteiger partial charge in [-0.1, -0.05) is 0 Å². The molecule has 0 aromatic heterocycles. The molecule has 0 aromatic carbocycles. The fraction of sp³-hybridized carbons (Fsp3) is 0.867. The first kappa shape index (κ1) is 20.0. The summed E-state index contributed by atoms with van der Waals surface area (Å²) in [7, 11) is 1.92. The van der Waals surface area contributed by atoms with E-state index in [1.807, 2.05) is 14.0 Å². The van der Waals surface area contributed by atoms with Crippen LogP contribution < -0.4 is 10.6 Å². The molecule has 1 unspecified atom stereocenters. The van der Waals surface area contributed by atoms with Crippen LogP contribution in [0.2, 0.25) is 0 Å². The summed E-state index contributed by atoms with van der Waals surface area (Å²) in [6.07, 6.45) is 2.67. The van der Waals surface area contributed by atoms with E-state index in [4.69, 9.17) is 9.47 Å². The number of amides is 1. The molecule has 6 heteroatoms. The predicted octanol–water partition coefficient (Wildman–Crippen LogP) is 0.893. The zero-order chi connectivity index (χ0) is 15.9. The summed E-state index contributed by atoms with van der Waals surface area (Å²) in [5, 5.41) is 5.84. The van der Waals surface area contributed by atoms with Gasteiger partial charge >= 0.3 is 0 Å². The molecule has 21 heavy (non-hydrogen) atoms. The molecule has 0 rings (SSSR count). The highest BCUT2D eigenvalue weighted by Crippen LogP contribution is 1.96. The van der Waals surface area contributed by atoms with Gasteiger partial charge in [0, 0.05) is 19.4 Å². The van der Waals surface area contributed by atoms with Crippen molar-refractivity contribution in [1.29, 1.82) is 0 Å². The molecule has 124 valence electrons. The van der Waals surface area contributed by atoms with Crippen LogP contribution in [0.3, 0.4) is 0 Å². The molecule has 0 saturated heterocycles. The summed E-state index contributed by atoms with van der Waals surface area (Å²) < 4.78 is 10.9. The summed E-state index contributed by atoms with van der Waals surface area (Å²) in [5.74, 6) is 0.0897. The average molecular weight is 302 g/mol. The number of carbonyl (C=O) groups is 2. The second-order valence-corrected chi connectivity index (χ2v) is 5.09. The molecule has 2 N–H and O–H groups in total. The summed E-state index contributed by atoms with van der Waals surface area (Å²) in [5.41, 5.74) is 0. The Bertz CT molecular complexity index is 285. The quantitative estimate of drug-likeness (QED) is 0.466. The van der Waals surface area contributed by atoms with Crippen LogP contribution in [0, 0.1) is 0 Å². The molecular weight excluding hydrogens is 272 g/mol. The van der Waals surface area contributed by atoms with Crippen molar-refractivity contribution in [2.45, 2.75) is 45.6 Å². The molecule has 0 radical (unpaired) electrons. The zero-order valence-corrected chi connectivity index (χ0v) is 13.6. The fourth-order valence-electron chi connectivity index (χ4n) is 1.69. The van der Waals surface area contributed by atoms with E-state index in [0.717, 1.165) is 13.0 Å². The van der Waals surface area contributed by atoms with E-state index in [2.05, 4.69) is 10.6 Å². The maximum absolute atomic E-state index is 11.4. The van der Waals surface area contributed by atoms with E-state index >= 15 is 0 Å². The van der Waals surface area contributed by atoms with Gasteiger partial charge in [0.2, 0.25) is 5.91 Å². The molecule has 0 aliphatic heterocycles. The van der Waals surface area contributed by atoms with Crippen LogP contribution >= 0.6 is 0 Å². The third-order valence-electron chi connectivity index (χ3n) is 2.93. The lowest BCUT2D eigenvalue weighted by molar-refractivity contribution is -0.121. The Morgan fingerprint density at radius 1 is 1.10 bits per heavy atom. The van der Waals surface area contributed by atoms with Gasteiger partial charge in [-0.2, -0.15) is 0 Å². The van der Waals surface area contributed by atoms with Crippen LogP contribution in [0.15, 0.2) is 0 Å². The molecule has 0 saturated carbocycles. The Morgan fingerprint density at radius 3 is 2.52 bits per heavy atom. The standard InChI is InChI=1S/C15H30N2O4/c1-13(18)5-4-6-15(19)17-9-10-20-11-12-21-14(2)7-8-16-3/h14,16H,4-12H2,1-3H3,(H,17,19). The lowest BCUT2D eigenvalue weighted by Crippen LogP contribution is -2.27. The van der Waals surface area contributed by atoms with Gasteiger partial charge in [-0.3, -0.25) is 4.79 Å². The van der Waals surface area contributed by atoms with Crippen molar-refractivity contribution in [3.05, 3.63) is 0 Å². The van der Waals surface area contributed by atoms with Crippen LogP contribution in [0.4, 0.5) is 0 Å². The molecule has 0 aliphatic rings. The van der Waals surface area contributed by atoms with E-state index in [1.165, 1.54) is 6.92 Å². The monoisotopic (exact) mass is 302 g/mol. The SMILES string of the molecule is CNCCC(C)OCCOCCNC(=O)CCCC(C)=O. The number of carbonyl (C=O) groups excluding carboxylic acids is 2. The minimum atomic E-state index is -0.0308. The highest BCUT2D eigenvalue weighted by Gasteiger charge is 2.02. The number of Topliss-reactive ketones (excluding diaryl/α,β-unsaturated/α-hetero) is 1. The topological polar surface area (TPSA) is 76.7 Å². The highest BCUT2D eigenvalue weighted by atomic mass is 16.5. The van der Waals surface area contributed by atoms with Crippen molar-refractivity contribution in [2.24, 2.45) is 0 Å². The Kier molecular flexibility index (Phi) is 13.3. The summed E-state index contributed by atoms with van der Waals surface area (Å²) in [6.45, 7) is 6.59. The minimum Gasteiger partial charge on any atom is -0.377 e. The summed E-state index contributed by atoms with van der Waals surface area (Å²) in [4.78, 5) is 22.1. The number of hydrogen-bond acceptors (Lipinski definition) is 5. The third-order valence-corrected chi connectivity index (χ3v) is 2.93. The summed E-state index contributed by atoms with van der Waals surface area (Å²) >= 11 is 0. The Morgan fingerprint density at radius 2 is 1.86 bits per heavy atom. The lowest BCUT2D eigenvalue weighted by Gasteiger charge is -2.12. The van der Waals surface area contributed by atoms with Gasteiger partial charge in [0.25, 0.3) is 0 Å². The van der Waals surface area contributed by atoms with Crippen molar-refractivity contribution < 1.29 is 19.1 Å². The van der Waals surface area contributed by atoms with Crippen molar-refractivity contribution in [1.82, 2.24) is 10.6 Å². The second kappa shape index (κ2) is 14.0. The maximum atomic E-state index is 11.4. The smallest absolute Gasteiger partial charge is 0.220 e. The average Bonchev–Trinajstić information content (AvgIpc) is 2.43. The first-order valence-electron chi connectivity index (χ1n) is 7.66. The van der Waals surface area contributed by atoms with Crippen LogP contribution in [-0.4, -0.2) is 57.8 Å². The molecule has 0 aromatic rings. The number of rotatable bonds is 14. The normalized spacial score (nSPS) is 12.1. The first-order valence-corrected chi connectivity index (χ1v) is 7.66. The fourth-order valence-corrected chi connectivity index (χ4v) is 1.69. The van der Waals surface area contributed by atoms with Crippen LogP contribution in [0.1, 0.15) is 39.5 Å². The van der Waals surface area contributed by atoms with Crippen molar-refractivity contribution in [2.75, 3.05) is 40.0 Å². The highest BCUT2D eigenvalue weighted by molar-refractivity contribution is 5.78. The van der Waals surface area contributed by atoms with E-state index in [1.54, 1.807) is 0 Å².